The molecule has 7 heteroatoms. The van der Waals surface area contributed by atoms with Gasteiger partial charge in [-0.05, 0) is 49.6 Å². The number of hydrogen-bond acceptors (Lipinski definition) is 4. The van der Waals surface area contributed by atoms with E-state index in [4.69, 9.17) is 11.6 Å². The number of aryl methyl sites for hydroxylation is 2. The topological polar surface area (TPSA) is 64.7 Å². The minimum absolute atomic E-state index is 0.0360. The highest BCUT2D eigenvalue weighted by atomic mass is 35.5. The van der Waals surface area contributed by atoms with E-state index < -0.39 is 0 Å². The number of hydrogen-bond donors (Lipinski definition) is 2. The number of rotatable bonds is 7. The molecule has 0 spiro atoms. The minimum Gasteiger partial charge on any atom is -0.346 e. The number of piperazine rings is 1. The molecule has 0 bridgehead atoms. The third-order valence-corrected chi connectivity index (χ3v) is 6.03. The molecule has 0 radical (unpaired) electrons. The number of para-hydroxylation sites is 1. The van der Waals surface area contributed by atoms with E-state index in [-0.39, 0.29) is 24.4 Å². The van der Waals surface area contributed by atoms with Gasteiger partial charge in [0.25, 0.3) is 0 Å². The van der Waals surface area contributed by atoms with Gasteiger partial charge in [0.1, 0.15) is 0 Å². The molecule has 1 fully saturated rings. The van der Waals surface area contributed by atoms with E-state index in [1.165, 1.54) is 5.56 Å². The maximum Gasteiger partial charge on any atom is 0.243 e. The van der Waals surface area contributed by atoms with Crippen LogP contribution in [0.25, 0.3) is 0 Å². The summed E-state index contributed by atoms with van der Waals surface area (Å²) >= 11 is 6.08. The number of nitrogens with one attached hydrogen (secondary N) is 2. The molecular formula is C24H31ClN4O2. The first-order chi connectivity index (χ1) is 14.8. The lowest BCUT2D eigenvalue weighted by Crippen LogP contribution is -2.54. The van der Waals surface area contributed by atoms with Gasteiger partial charge >= 0.3 is 0 Å². The Morgan fingerprint density at radius 2 is 1.68 bits per heavy atom. The Bertz CT molecular complexity index is 905. The van der Waals surface area contributed by atoms with Crippen molar-refractivity contribution in [3.63, 3.8) is 0 Å². The van der Waals surface area contributed by atoms with Gasteiger partial charge in [0.05, 0.1) is 12.6 Å². The second-order valence-electron chi connectivity index (χ2n) is 8.15. The van der Waals surface area contributed by atoms with Crippen molar-refractivity contribution in [3.05, 3.63) is 64.2 Å². The quantitative estimate of drug-likeness (QED) is 0.691. The predicted octanol–water partition coefficient (Wildman–Crippen LogP) is 3.22. The summed E-state index contributed by atoms with van der Waals surface area (Å²) in [5.41, 5.74) is 4.01. The molecular weight excluding hydrogens is 412 g/mol. The molecule has 1 unspecified atom stereocenters. The zero-order valence-electron chi connectivity index (χ0n) is 18.5. The van der Waals surface area contributed by atoms with Crippen LogP contribution in [0.1, 0.15) is 23.6 Å². The Balaban J connectivity index is 1.42. The fourth-order valence-corrected chi connectivity index (χ4v) is 4.09. The largest absolute Gasteiger partial charge is 0.346 e. The molecule has 0 aromatic heterocycles. The second kappa shape index (κ2) is 10.8. The standard InChI is InChI=1S/C24H31ClN4O2/c1-17-6-4-7-18(2)23(17)27-22(30)15-26-24(31)19(3)29-12-10-28(11-13-29)16-20-8-5-9-21(25)14-20/h4-9,14,19H,10-13,15-16H2,1-3H3,(H,26,31)(H,27,30). The molecule has 0 saturated carbocycles. The van der Waals surface area contributed by atoms with Crippen LogP contribution in [0.5, 0.6) is 0 Å². The molecule has 2 N–H and O–H groups in total. The molecule has 1 aliphatic heterocycles. The van der Waals surface area contributed by atoms with Crippen LogP contribution in [0, 0.1) is 13.8 Å². The Morgan fingerprint density at radius 1 is 1.03 bits per heavy atom. The van der Waals surface area contributed by atoms with E-state index in [0.29, 0.717) is 0 Å². The summed E-state index contributed by atoms with van der Waals surface area (Å²) in [5, 5.41) is 6.43. The van der Waals surface area contributed by atoms with Crippen LogP contribution in [-0.4, -0.2) is 60.4 Å². The van der Waals surface area contributed by atoms with Crippen molar-refractivity contribution in [2.24, 2.45) is 0 Å². The molecule has 3 rings (SSSR count). The third kappa shape index (κ3) is 6.53. The van der Waals surface area contributed by atoms with Gasteiger partial charge in [-0.1, -0.05) is 41.9 Å². The van der Waals surface area contributed by atoms with Crippen LogP contribution < -0.4 is 10.6 Å². The van der Waals surface area contributed by atoms with E-state index in [0.717, 1.165) is 54.6 Å². The lowest BCUT2D eigenvalue weighted by atomic mass is 10.1. The van der Waals surface area contributed by atoms with E-state index in [1.54, 1.807) is 0 Å². The molecule has 1 atom stereocenters. The monoisotopic (exact) mass is 442 g/mol. The maximum absolute atomic E-state index is 12.6. The summed E-state index contributed by atoms with van der Waals surface area (Å²) in [6.07, 6.45) is 0. The first-order valence-corrected chi connectivity index (χ1v) is 11.1. The number of amides is 2. The van der Waals surface area contributed by atoms with Crippen molar-refractivity contribution in [1.82, 2.24) is 15.1 Å². The molecule has 6 nitrogen and oxygen atoms in total. The van der Waals surface area contributed by atoms with Crippen molar-refractivity contribution in [2.45, 2.75) is 33.4 Å². The van der Waals surface area contributed by atoms with Crippen LogP contribution >= 0.6 is 11.6 Å². The number of anilines is 1. The summed E-state index contributed by atoms with van der Waals surface area (Å²) in [6.45, 7) is 10.0. The number of benzene rings is 2. The van der Waals surface area contributed by atoms with E-state index in [2.05, 4.69) is 26.5 Å². The first-order valence-electron chi connectivity index (χ1n) is 10.7. The molecule has 166 valence electrons. The molecule has 2 aromatic rings. The molecule has 1 heterocycles. The lowest BCUT2D eigenvalue weighted by molar-refractivity contribution is -0.128. The van der Waals surface area contributed by atoms with Crippen molar-refractivity contribution in [1.29, 1.82) is 0 Å². The van der Waals surface area contributed by atoms with Gasteiger partial charge in [0.2, 0.25) is 11.8 Å². The van der Waals surface area contributed by atoms with Gasteiger partial charge in [-0.15, -0.1) is 0 Å². The first kappa shape index (κ1) is 23.3. The summed E-state index contributed by atoms with van der Waals surface area (Å²) in [7, 11) is 0. The third-order valence-electron chi connectivity index (χ3n) is 5.80. The molecule has 1 saturated heterocycles. The zero-order chi connectivity index (χ0) is 22.4. The fourth-order valence-electron chi connectivity index (χ4n) is 3.88. The van der Waals surface area contributed by atoms with Crippen molar-refractivity contribution >= 4 is 29.1 Å². The summed E-state index contributed by atoms with van der Waals surface area (Å²) in [4.78, 5) is 29.4. The Labute approximate surface area is 189 Å². The van der Waals surface area contributed by atoms with Crippen molar-refractivity contribution in [2.75, 3.05) is 38.0 Å². The highest BCUT2D eigenvalue weighted by molar-refractivity contribution is 6.30. The van der Waals surface area contributed by atoms with Gasteiger partial charge in [-0.25, -0.2) is 0 Å². The lowest BCUT2D eigenvalue weighted by Gasteiger charge is -2.37. The Morgan fingerprint density at radius 3 is 2.32 bits per heavy atom. The highest BCUT2D eigenvalue weighted by Crippen LogP contribution is 2.19. The van der Waals surface area contributed by atoms with Gasteiger partial charge < -0.3 is 10.6 Å². The van der Waals surface area contributed by atoms with Crippen molar-refractivity contribution < 1.29 is 9.59 Å². The van der Waals surface area contributed by atoms with E-state index in [9.17, 15) is 9.59 Å². The fraction of sp³-hybridized carbons (Fsp3) is 0.417. The molecule has 2 amide bonds. The summed E-state index contributed by atoms with van der Waals surface area (Å²) < 4.78 is 0. The molecule has 0 aliphatic carbocycles. The highest BCUT2D eigenvalue weighted by Gasteiger charge is 2.25. The predicted molar refractivity (Wildman–Crippen MR) is 125 cm³/mol. The SMILES string of the molecule is Cc1cccc(C)c1NC(=O)CNC(=O)C(C)N1CCN(Cc2cccc(Cl)c2)CC1. The van der Waals surface area contributed by atoms with Crippen LogP contribution in [-0.2, 0) is 16.1 Å². The van der Waals surface area contributed by atoms with Crippen LogP contribution in [0.2, 0.25) is 5.02 Å². The number of halogens is 1. The van der Waals surface area contributed by atoms with Gasteiger partial charge in [0, 0.05) is 43.4 Å². The number of carbonyl (C=O) groups excluding carboxylic acids is 2. The average molecular weight is 443 g/mol. The molecule has 1 aliphatic rings. The minimum atomic E-state index is -0.277. The smallest absolute Gasteiger partial charge is 0.243 e. The number of nitrogens with zero attached hydrogens (tertiary/aromatic N) is 2. The maximum atomic E-state index is 12.6. The van der Waals surface area contributed by atoms with Gasteiger partial charge in [0.15, 0.2) is 0 Å². The van der Waals surface area contributed by atoms with Crippen molar-refractivity contribution in [3.8, 4) is 0 Å². The number of carbonyl (C=O) groups is 2. The Hall–Kier alpha value is -2.41. The molecule has 2 aromatic carbocycles. The zero-order valence-corrected chi connectivity index (χ0v) is 19.2. The summed E-state index contributed by atoms with van der Waals surface area (Å²) in [5.74, 6) is -0.343. The average Bonchev–Trinajstić information content (AvgIpc) is 2.75. The molecule has 31 heavy (non-hydrogen) atoms. The van der Waals surface area contributed by atoms with Crippen LogP contribution in [0.15, 0.2) is 42.5 Å². The Kier molecular flexibility index (Phi) is 8.07. The van der Waals surface area contributed by atoms with Crippen LogP contribution in [0.4, 0.5) is 5.69 Å². The summed E-state index contributed by atoms with van der Waals surface area (Å²) in [6, 6.07) is 13.5. The van der Waals surface area contributed by atoms with Crippen LogP contribution in [0.3, 0.4) is 0 Å². The van der Waals surface area contributed by atoms with E-state index in [1.807, 2.05) is 57.2 Å². The van der Waals surface area contributed by atoms with Gasteiger partial charge in [-0.3, -0.25) is 19.4 Å². The van der Waals surface area contributed by atoms with E-state index >= 15 is 0 Å². The normalized spacial score (nSPS) is 16.0. The van der Waals surface area contributed by atoms with Gasteiger partial charge in [-0.2, -0.15) is 0 Å². The second-order valence-corrected chi connectivity index (χ2v) is 8.59.